The number of ether oxygens (including phenoxy) is 2. The molecule has 2 aromatic heterocycles. The van der Waals surface area contributed by atoms with Crippen molar-refractivity contribution in [1.82, 2.24) is 9.97 Å². The number of benzene rings is 8. The molecule has 1 aliphatic carbocycles. The van der Waals surface area contributed by atoms with E-state index in [-0.39, 0.29) is 0 Å². The molecule has 0 bridgehead atoms. The summed E-state index contributed by atoms with van der Waals surface area (Å²) < 4.78 is 13.3. The summed E-state index contributed by atoms with van der Waals surface area (Å²) in [5, 5.41) is 2.13. The van der Waals surface area contributed by atoms with E-state index in [1.165, 1.54) is 5.56 Å². The zero-order valence-corrected chi connectivity index (χ0v) is 32.4. The van der Waals surface area contributed by atoms with Gasteiger partial charge in [0.05, 0.1) is 16.4 Å². The van der Waals surface area contributed by atoms with Crippen LogP contribution in [-0.4, -0.2) is 9.97 Å². The second kappa shape index (κ2) is 13.5. The van der Waals surface area contributed by atoms with Gasteiger partial charge in [-0.05, 0) is 112 Å². The molecule has 282 valence electrons. The summed E-state index contributed by atoms with van der Waals surface area (Å²) >= 11 is 0. The zero-order chi connectivity index (χ0) is 39.6. The van der Waals surface area contributed by atoms with Gasteiger partial charge in [-0.15, -0.1) is 0 Å². The van der Waals surface area contributed by atoms with Gasteiger partial charge in [0.25, 0.3) is 0 Å². The molecule has 0 radical (unpaired) electrons. The summed E-state index contributed by atoms with van der Waals surface area (Å²) in [6.07, 6.45) is 3.68. The van der Waals surface area contributed by atoms with Gasteiger partial charge in [0, 0.05) is 45.8 Å². The van der Waals surface area contributed by atoms with Gasteiger partial charge in [0.1, 0.15) is 0 Å². The van der Waals surface area contributed by atoms with Gasteiger partial charge in [0.15, 0.2) is 23.0 Å². The molecule has 3 heterocycles. The molecular formula is C55H35N3O2. The van der Waals surface area contributed by atoms with Crippen molar-refractivity contribution in [2.45, 2.75) is 5.41 Å². The fourth-order valence-corrected chi connectivity index (χ4v) is 9.51. The Balaban J connectivity index is 1.08. The molecule has 0 spiro atoms. The van der Waals surface area contributed by atoms with E-state index in [2.05, 4.69) is 169 Å². The van der Waals surface area contributed by atoms with Crippen LogP contribution in [0.1, 0.15) is 22.3 Å². The summed E-state index contributed by atoms with van der Waals surface area (Å²) in [6, 6.07) is 70.7. The molecule has 0 fully saturated rings. The van der Waals surface area contributed by atoms with Crippen molar-refractivity contribution in [3.05, 3.63) is 235 Å². The van der Waals surface area contributed by atoms with E-state index in [4.69, 9.17) is 19.4 Å². The third-order valence-corrected chi connectivity index (χ3v) is 12.1. The van der Waals surface area contributed by atoms with E-state index >= 15 is 0 Å². The Bertz CT molecular complexity index is 3220. The molecule has 1 atom stereocenters. The van der Waals surface area contributed by atoms with Crippen LogP contribution in [0.15, 0.2) is 213 Å². The first-order chi connectivity index (χ1) is 29.8. The number of hydrogen-bond acceptors (Lipinski definition) is 5. The Labute approximate surface area is 347 Å². The summed E-state index contributed by atoms with van der Waals surface area (Å²) in [6.45, 7) is 0. The third-order valence-electron chi connectivity index (χ3n) is 12.1. The lowest BCUT2D eigenvalue weighted by Crippen LogP contribution is -2.28. The van der Waals surface area contributed by atoms with Crippen molar-refractivity contribution in [2.75, 3.05) is 4.90 Å². The highest BCUT2D eigenvalue weighted by Crippen LogP contribution is 2.62. The molecule has 1 aliphatic heterocycles. The average Bonchev–Trinajstić information content (AvgIpc) is 3.63. The van der Waals surface area contributed by atoms with Gasteiger partial charge in [-0.1, -0.05) is 127 Å². The Hall–Kier alpha value is -8.02. The van der Waals surface area contributed by atoms with Crippen LogP contribution in [0.5, 0.6) is 23.0 Å². The first-order valence-corrected chi connectivity index (χ1v) is 20.2. The maximum atomic E-state index is 6.80. The fraction of sp³-hybridized carbons (Fsp3) is 0.0182. The SMILES string of the molecule is c1ccc(N(c2ccccc2)c2ccc(C3(c4ccc(-c5cc6cccnc6c6ncccc56)cc4)c4ccccc4-c4c3ccc3c4Oc4ccccc4O3)cc2)cc1. The van der Waals surface area contributed by atoms with Crippen LogP contribution in [0.25, 0.3) is 44.1 Å². The number of pyridine rings is 2. The number of fused-ring (bicyclic) bond motifs is 9. The van der Waals surface area contributed by atoms with Gasteiger partial charge in [-0.3, -0.25) is 9.97 Å². The Morgan fingerprint density at radius 3 is 1.75 bits per heavy atom. The number of nitrogens with zero attached hydrogens (tertiary/aromatic N) is 3. The zero-order valence-electron chi connectivity index (χ0n) is 32.4. The Morgan fingerprint density at radius 1 is 0.417 bits per heavy atom. The lowest BCUT2D eigenvalue weighted by molar-refractivity contribution is 0.360. The minimum absolute atomic E-state index is 0.695. The summed E-state index contributed by atoms with van der Waals surface area (Å²) in [5.74, 6) is 2.85. The lowest BCUT2D eigenvalue weighted by Gasteiger charge is -2.35. The minimum atomic E-state index is -0.695. The predicted molar refractivity (Wildman–Crippen MR) is 241 cm³/mol. The van der Waals surface area contributed by atoms with E-state index in [0.717, 1.165) is 83.6 Å². The van der Waals surface area contributed by atoms with Crippen LogP contribution in [0.2, 0.25) is 0 Å². The van der Waals surface area contributed by atoms with Crippen LogP contribution >= 0.6 is 0 Å². The highest BCUT2D eigenvalue weighted by Gasteiger charge is 2.48. The molecular weight excluding hydrogens is 735 g/mol. The number of anilines is 3. The highest BCUT2D eigenvalue weighted by atomic mass is 16.6. The smallest absolute Gasteiger partial charge is 0.178 e. The molecule has 10 aromatic rings. The van der Waals surface area contributed by atoms with Crippen molar-refractivity contribution >= 4 is 38.9 Å². The van der Waals surface area contributed by atoms with Crippen LogP contribution in [0.4, 0.5) is 17.1 Å². The maximum Gasteiger partial charge on any atom is 0.178 e. The second-order valence-electron chi connectivity index (χ2n) is 15.3. The molecule has 0 N–H and O–H groups in total. The van der Waals surface area contributed by atoms with E-state index in [9.17, 15) is 0 Å². The molecule has 0 amide bonds. The number of aromatic nitrogens is 2. The molecule has 5 heteroatoms. The van der Waals surface area contributed by atoms with Crippen molar-refractivity contribution < 1.29 is 9.47 Å². The first-order valence-electron chi connectivity index (χ1n) is 20.2. The van der Waals surface area contributed by atoms with E-state index in [1.54, 1.807) is 0 Å². The van der Waals surface area contributed by atoms with Crippen molar-refractivity contribution in [3.63, 3.8) is 0 Å². The monoisotopic (exact) mass is 769 g/mol. The largest absolute Gasteiger partial charge is 0.449 e. The summed E-state index contributed by atoms with van der Waals surface area (Å²) in [7, 11) is 0. The average molecular weight is 770 g/mol. The van der Waals surface area contributed by atoms with Gasteiger partial charge >= 0.3 is 0 Å². The van der Waals surface area contributed by atoms with Gasteiger partial charge < -0.3 is 14.4 Å². The van der Waals surface area contributed by atoms with Gasteiger partial charge in [-0.2, -0.15) is 0 Å². The van der Waals surface area contributed by atoms with Gasteiger partial charge in [0.2, 0.25) is 0 Å². The Kier molecular flexibility index (Phi) is 7.69. The predicted octanol–water partition coefficient (Wildman–Crippen LogP) is 14.2. The third kappa shape index (κ3) is 5.12. The summed E-state index contributed by atoms with van der Waals surface area (Å²) in [5.41, 5.74) is 13.4. The molecule has 12 rings (SSSR count). The lowest BCUT2D eigenvalue weighted by atomic mass is 9.67. The minimum Gasteiger partial charge on any atom is -0.449 e. The van der Waals surface area contributed by atoms with Crippen molar-refractivity contribution in [2.24, 2.45) is 0 Å². The van der Waals surface area contributed by atoms with E-state index < -0.39 is 5.41 Å². The van der Waals surface area contributed by atoms with Gasteiger partial charge in [-0.25, -0.2) is 0 Å². The van der Waals surface area contributed by atoms with Crippen LogP contribution in [0, 0.1) is 0 Å². The Morgan fingerprint density at radius 2 is 1.02 bits per heavy atom. The number of rotatable bonds is 6. The molecule has 1 unspecified atom stereocenters. The summed E-state index contributed by atoms with van der Waals surface area (Å²) in [4.78, 5) is 11.8. The quantitative estimate of drug-likeness (QED) is 0.158. The van der Waals surface area contributed by atoms with Crippen LogP contribution < -0.4 is 14.4 Å². The van der Waals surface area contributed by atoms with Crippen LogP contribution in [-0.2, 0) is 5.41 Å². The molecule has 0 saturated carbocycles. The maximum absolute atomic E-state index is 6.80. The fourth-order valence-electron chi connectivity index (χ4n) is 9.51. The van der Waals surface area contributed by atoms with Crippen molar-refractivity contribution in [3.8, 4) is 45.3 Å². The molecule has 0 saturated heterocycles. The topological polar surface area (TPSA) is 47.5 Å². The van der Waals surface area contributed by atoms with Crippen molar-refractivity contribution in [1.29, 1.82) is 0 Å². The normalized spacial score (nSPS) is 14.7. The molecule has 8 aromatic carbocycles. The first kappa shape index (κ1) is 34.1. The second-order valence-corrected chi connectivity index (χ2v) is 15.3. The van der Waals surface area contributed by atoms with Crippen LogP contribution in [0.3, 0.4) is 0 Å². The van der Waals surface area contributed by atoms with E-state index in [1.807, 2.05) is 48.8 Å². The molecule has 2 aliphatic rings. The molecule has 60 heavy (non-hydrogen) atoms. The van der Waals surface area contributed by atoms with E-state index in [0.29, 0.717) is 17.2 Å². The standard InChI is InChI=1S/C55H35N3O2/c1-3-14-40(15-4-1)58(41-16-5-2-6-17-41)42-29-27-39(28-30-42)55(38-25-23-36(24-26-38)45-35-37-13-11-33-56-52(37)53-43(45)19-12-34-57-53)46-20-8-7-18-44(46)51-47(55)31-32-50-54(51)60-49-22-10-9-21-48(49)59-50/h1-35H. The molecule has 5 nitrogen and oxygen atoms in total. The number of hydrogen-bond donors (Lipinski definition) is 0. The number of para-hydroxylation sites is 4. The highest BCUT2D eigenvalue weighted by molar-refractivity contribution is 6.10.